The van der Waals surface area contributed by atoms with Crippen LogP contribution in [-0.2, 0) is 0 Å². The second-order valence-electron chi connectivity index (χ2n) is 4.19. The van der Waals surface area contributed by atoms with E-state index in [9.17, 15) is 0 Å². The van der Waals surface area contributed by atoms with Crippen molar-refractivity contribution in [2.45, 2.75) is 18.8 Å². The summed E-state index contributed by atoms with van der Waals surface area (Å²) in [7, 11) is 0. The standard InChI is InChI=1S/C11H16N4/c1-2-9-11(13-5-1)15-10(14-9)8-3-6-12-7-4-8/h1-2,8,12-13H,3-7H2,(H,14,15). The van der Waals surface area contributed by atoms with Crippen LogP contribution in [0.2, 0.25) is 0 Å². The minimum atomic E-state index is 0.604. The highest BCUT2D eigenvalue weighted by Gasteiger charge is 2.20. The van der Waals surface area contributed by atoms with Crippen molar-refractivity contribution >= 4 is 11.9 Å². The van der Waals surface area contributed by atoms with Gasteiger partial charge in [0.05, 0.1) is 5.69 Å². The number of hydrogen-bond acceptors (Lipinski definition) is 3. The van der Waals surface area contributed by atoms with E-state index in [1.807, 2.05) is 0 Å². The molecule has 2 aliphatic rings. The lowest BCUT2D eigenvalue weighted by Crippen LogP contribution is -2.27. The summed E-state index contributed by atoms with van der Waals surface area (Å²) in [6.45, 7) is 3.11. The van der Waals surface area contributed by atoms with E-state index in [0.29, 0.717) is 5.92 Å². The van der Waals surface area contributed by atoms with Gasteiger partial charge in [0.2, 0.25) is 0 Å². The molecular formula is C11H16N4. The molecule has 0 unspecified atom stereocenters. The molecular weight excluding hydrogens is 188 g/mol. The van der Waals surface area contributed by atoms with Crippen LogP contribution in [-0.4, -0.2) is 29.6 Å². The molecule has 15 heavy (non-hydrogen) atoms. The van der Waals surface area contributed by atoms with Crippen LogP contribution in [0.15, 0.2) is 6.08 Å². The average molecular weight is 204 g/mol. The number of aromatic amines is 1. The highest BCUT2D eigenvalue weighted by Crippen LogP contribution is 2.27. The van der Waals surface area contributed by atoms with Crippen molar-refractivity contribution < 1.29 is 0 Å². The molecule has 3 rings (SSSR count). The summed E-state index contributed by atoms with van der Waals surface area (Å²) in [4.78, 5) is 8.04. The molecule has 3 N–H and O–H groups in total. The molecule has 1 aromatic rings. The molecule has 1 aromatic heterocycles. The Bertz CT molecular complexity index is 374. The summed E-state index contributed by atoms with van der Waals surface area (Å²) in [6, 6.07) is 0. The van der Waals surface area contributed by atoms with Gasteiger partial charge >= 0.3 is 0 Å². The number of anilines is 1. The maximum atomic E-state index is 4.63. The molecule has 0 spiro atoms. The van der Waals surface area contributed by atoms with Crippen LogP contribution in [0, 0.1) is 0 Å². The van der Waals surface area contributed by atoms with Crippen molar-refractivity contribution in [3.05, 3.63) is 17.6 Å². The van der Waals surface area contributed by atoms with Crippen molar-refractivity contribution in [2.24, 2.45) is 0 Å². The molecule has 0 saturated carbocycles. The first-order valence-corrected chi connectivity index (χ1v) is 5.64. The van der Waals surface area contributed by atoms with Gasteiger partial charge in [-0.05, 0) is 32.0 Å². The van der Waals surface area contributed by atoms with Crippen LogP contribution in [0.5, 0.6) is 0 Å². The predicted molar refractivity (Wildman–Crippen MR) is 61.0 cm³/mol. The SMILES string of the molecule is C1=Cc2[nH]c(C3CCNCC3)nc2NC1. The van der Waals surface area contributed by atoms with Gasteiger partial charge in [-0.3, -0.25) is 0 Å². The van der Waals surface area contributed by atoms with Gasteiger partial charge in [0.25, 0.3) is 0 Å². The van der Waals surface area contributed by atoms with Gasteiger partial charge in [0.1, 0.15) is 5.82 Å². The Morgan fingerprint density at radius 1 is 1.27 bits per heavy atom. The molecule has 0 radical (unpaired) electrons. The summed E-state index contributed by atoms with van der Waals surface area (Å²) in [5.41, 5.74) is 1.13. The first-order valence-electron chi connectivity index (χ1n) is 5.64. The van der Waals surface area contributed by atoms with E-state index in [2.05, 4.69) is 32.8 Å². The lowest BCUT2D eigenvalue weighted by molar-refractivity contribution is 0.447. The van der Waals surface area contributed by atoms with Crippen molar-refractivity contribution in [1.82, 2.24) is 15.3 Å². The summed E-state index contributed by atoms with van der Waals surface area (Å²) >= 11 is 0. The van der Waals surface area contributed by atoms with Gasteiger partial charge in [0, 0.05) is 12.5 Å². The van der Waals surface area contributed by atoms with E-state index >= 15 is 0 Å². The lowest BCUT2D eigenvalue weighted by atomic mass is 9.98. The second-order valence-corrected chi connectivity index (χ2v) is 4.19. The fourth-order valence-electron chi connectivity index (χ4n) is 2.28. The van der Waals surface area contributed by atoms with Crippen molar-refractivity contribution in [3.8, 4) is 0 Å². The van der Waals surface area contributed by atoms with Gasteiger partial charge in [-0.1, -0.05) is 6.08 Å². The van der Waals surface area contributed by atoms with Gasteiger partial charge in [-0.15, -0.1) is 0 Å². The Balaban J connectivity index is 1.85. The minimum absolute atomic E-state index is 0.604. The minimum Gasteiger partial charge on any atom is -0.365 e. The molecule has 0 bridgehead atoms. The maximum Gasteiger partial charge on any atom is 0.152 e. The van der Waals surface area contributed by atoms with E-state index in [-0.39, 0.29) is 0 Å². The van der Waals surface area contributed by atoms with E-state index in [1.54, 1.807) is 0 Å². The van der Waals surface area contributed by atoms with Crippen LogP contribution in [0.4, 0.5) is 5.82 Å². The number of aromatic nitrogens is 2. The Morgan fingerprint density at radius 3 is 2.93 bits per heavy atom. The second kappa shape index (κ2) is 3.70. The van der Waals surface area contributed by atoms with E-state index in [4.69, 9.17) is 0 Å². The lowest BCUT2D eigenvalue weighted by Gasteiger charge is -2.20. The number of fused-ring (bicyclic) bond motifs is 1. The Morgan fingerprint density at radius 2 is 2.13 bits per heavy atom. The van der Waals surface area contributed by atoms with Gasteiger partial charge < -0.3 is 15.6 Å². The quantitative estimate of drug-likeness (QED) is 0.646. The molecule has 3 heterocycles. The normalized spacial score (nSPS) is 21.1. The smallest absolute Gasteiger partial charge is 0.152 e. The van der Waals surface area contributed by atoms with Crippen LogP contribution in [0.3, 0.4) is 0 Å². The third-order valence-corrected chi connectivity index (χ3v) is 3.15. The number of hydrogen-bond donors (Lipinski definition) is 3. The zero-order chi connectivity index (χ0) is 10.1. The molecule has 4 heteroatoms. The van der Waals surface area contributed by atoms with Crippen LogP contribution < -0.4 is 10.6 Å². The summed E-state index contributed by atoms with van der Waals surface area (Å²) in [5, 5.41) is 6.65. The summed E-state index contributed by atoms with van der Waals surface area (Å²) in [6.07, 6.45) is 6.61. The largest absolute Gasteiger partial charge is 0.365 e. The Kier molecular flexibility index (Phi) is 2.21. The Hall–Kier alpha value is -1.29. The summed E-state index contributed by atoms with van der Waals surface area (Å²) < 4.78 is 0. The van der Waals surface area contributed by atoms with Crippen molar-refractivity contribution in [1.29, 1.82) is 0 Å². The average Bonchev–Trinajstić information content (AvgIpc) is 2.74. The molecule has 0 aromatic carbocycles. The molecule has 0 amide bonds. The number of H-pyrrole nitrogens is 1. The fourth-order valence-corrected chi connectivity index (χ4v) is 2.28. The summed E-state index contributed by atoms with van der Waals surface area (Å²) in [5.74, 6) is 2.78. The molecule has 1 saturated heterocycles. The van der Waals surface area contributed by atoms with Gasteiger partial charge in [0.15, 0.2) is 5.82 Å². The Labute approximate surface area is 89.2 Å². The highest BCUT2D eigenvalue weighted by molar-refractivity contribution is 5.63. The topological polar surface area (TPSA) is 52.7 Å². The van der Waals surface area contributed by atoms with Crippen LogP contribution >= 0.6 is 0 Å². The molecule has 0 aliphatic carbocycles. The fraction of sp³-hybridized carbons (Fsp3) is 0.545. The number of rotatable bonds is 1. The molecule has 80 valence electrons. The van der Waals surface area contributed by atoms with Gasteiger partial charge in [-0.2, -0.15) is 0 Å². The van der Waals surface area contributed by atoms with E-state index in [1.165, 1.54) is 12.8 Å². The number of nitrogens with zero attached hydrogens (tertiary/aromatic N) is 1. The number of imidazole rings is 1. The number of nitrogens with one attached hydrogen (secondary N) is 3. The predicted octanol–water partition coefficient (Wildman–Crippen LogP) is 1.32. The highest BCUT2D eigenvalue weighted by atomic mass is 15.1. The van der Waals surface area contributed by atoms with Crippen molar-refractivity contribution in [3.63, 3.8) is 0 Å². The molecule has 4 nitrogen and oxygen atoms in total. The first kappa shape index (κ1) is 8.97. The third kappa shape index (κ3) is 1.65. The zero-order valence-electron chi connectivity index (χ0n) is 8.71. The molecule has 1 fully saturated rings. The first-order chi connectivity index (χ1) is 7.43. The molecule has 2 aliphatic heterocycles. The maximum absolute atomic E-state index is 4.63. The van der Waals surface area contributed by atoms with Crippen molar-refractivity contribution in [2.75, 3.05) is 25.0 Å². The number of piperidine rings is 1. The van der Waals surface area contributed by atoms with Crippen LogP contribution in [0.1, 0.15) is 30.3 Å². The third-order valence-electron chi connectivity index (χ3n) is 3.15. The molecule has 0 atom stereocenters. The van der Waals surface area contributed by atoms with Crippen LogP contribution in [0.25, 0.3) is 6.08 Å². The van der Waals surface area contributed by atoms with Gasteiger partial charge in [-0.25, -0.2) is 4.98 Å². The van der Waals surface area contributed by atoms with E-state index < -0.39 is 0 Å². The van der Waals surface area contributed by atoms with E-state index in [0.717, 1.165) is 37.0 Å². The monoisotopic (exact) mass is 204 g/mol. The zero-order valence-corrected chi connectivity index (χ0v) is 8.71.